The van der Waals surface area contributed by atoms with Crippen molar-refractivity contribution in [2.75, 3.05) is 34.4 Å². The van der Waals surface area contributed by atoms with Crippen LogP contribution in [-0.4, -0.2) is 138 Å². The number of carboxylic acid groups (broad SMARTS) is 1. The van der Waals surface area contributed by atoms with Crippen molar-refractivity contribution in [2.24, 2.45) is 17.8 Å². The summed E-state index contributed by atoms with van der Waals surface area (Å²) in [6.07, 6.45) is -0.248. The fraction of sp³-hybridized carbons (Fsp3) is 0.673. The number of likely N-dealkylation sites (tertiary alicyclic amines) is 2. The molecule has 3 aliphatic rings. The molecule has 2 aromatic rings. The maximum absolute atomic E-state index is 14.3. The highest BCUT2D eigenvalue weighted by Gasteiger charge is 2.50. The van der Waals surface area contributed by atoms with Crippen LogP contribution in [0.4, 0.5) is 31.9 Å². The largest absolute Gasteiger partial charge is 0.481 e. The Kier molecular flexibility index (Phi) is 21.7. The molecule has 0 radical (unpaired) electrons. The average Bonchev–Trinajstić information content (AvgIpc) is 3.65. The molecule has 0 bridgehead atoms. The van der Waals surface area contributed by atoms with Gasteiger partial charge in [0.15, 0.2) is 0 Å². The molecule has 0 aliphatic carbocycles. The summed E-state index contributed by atoms with van der Waals surface area (Å²) < 4.78 is 94.5. The summed E-state index contributed by atoms with van der Waals surface area (Å²) in [5, 5.41) is 10.0. The molecular weight excluding hydrogens is 951 g/mol. The summed E-state index contributed by atoms with van der Waals surface area (Å²) in [6.45, 7) is 17.7. The lowest BCUT2D eigenvalue weighted by atomic mass is 9.83. The highest BCUT2D eigenvalue weighted by molar-refractivity contribution is 5.95. The number of carbonyl (C=O) groups excluding carboxylic acids is 4. The molecule has 404 valence electrons. The van der Waals surface area contributed by atoms with E-state index in [1.54, 1.807) is 46.4 Å². The fourth-order valence-corrected chi connectivity index (χ4v) is 9.66. The van der Waals surface area contributed by atoms with E-state index in [2.05, 4.69) is 0 Å². The minimum atomic E-state index is -1.20. The number of hydrogen-bond acceptors (Lipinski definition) is 12. The zero-order chi connectivity index (χ0) is 53.8. The zero-order valence-corrected chi connectivity index (χ0v) is 43.7. The quantitative estimate of drug-likeness (QED) is 0.0900. The lowest BCUT2D eigenvalue weighted by Crippen LogP contribution is -2.60. The number of benzene rings is 2. The van der Waals surface area contributed by atoms with Gasteiger partial charge in [0, 0.05) is 38.4 Å². The van der Waals surface area contributed by atoms with Gasteiger partial charge in [-0.3, -0.25) is 19.4 Å². The topological polar surface area (TPSA) is 180 Å². The van der Waals surface area contributed by atoms with Gasteiger partial charge in [0.2, 0.25) is 5.91 Å². The molecule has 1 N–H and O–H groups in total. The van der Waals surface area contributed by atoms with Crippen molar-refractivity contribution < 1.29 is 79.8 Å². The maximum atomic E-state index is 14.3. The van der Waals surface area contributed by atoms with Crippen LogP contribution in [0.3, 0.4) is 0 Å². The second-order valence-electron chi connectivity index (χ2n) is 21.2. The summed E-state index contributed by atoms with van der Waals surface area (Å²) in [4.78, 5) is 70.0. The van der Waals surface area contributed by atoms with Crippen molar-refractivity contribution in [3.8, 4) is 0 Å². The van der Waals surface area contributed by atoms with Gasteiger partial charge in [-0.05, 0) is 148 Å². The minimum absolute atomic E-state index is 0.0393. The Morgan fingerprint density at radius 1 is 0.653 bits per heavy atom. The van der Waals surface area contributed by atoms with Gasteiger partial charge < -0.3 is 38.3 Å². The first-order chi connectivity index (χ1) is 33.7. The van der Waals surface area contributed by atoms with Crippen molar-refractivity contribution in [3.63, 3.8) is 0 Å². The summed E-state index contributed by atoms with van der Waals surface area (Å²) in [7, 11) is 2.83. The summed E-state index contributed by atoms with van der Waals surface area (Å²) >= 11 is 0. The molecular formula is C52H75F4N3O13. The first kappa shape index (κ1) is 59.5. The third-order valence-corrected chi connectivity index (χ3v) is 12.7. The fourth-order valence-electron chi connectivity index (χ4n) is 9.66. The van der Waals surface area contributed by atoms with Gasteiger partial charge in [-0.1, -0.05) is 13.8 Å². The molecule has 0 saturated carbocycles. The summed E-state index contributed by atoms with van der Waals surface area (Å²) in [6, 6.07) is 3.76. The summed E-state index contributed by atoms with van der Waals surface area (Å²) in [5.41, 5.74) is -1.09. The van der Waals surface area contributed by atoms with Gasteiger partial charge >= 0.3 is 24.2 Å². The van der Waals surface area contributed by atoms with Crippen molar-refractivity contribution in [2.45, 2.75) is 174 Å². The van der Waals surface area contributed by atoms with E-state index in [0.717, 1.165) is 60.6 Å². The van der Waals surface area contributed by atoms with E-state index in [9.17, 15) is 46.6 Å². The first-order valence-corrected chi connectivity index (χ1v) is 24.5. The molecule has 0 spiro atoms. The van der Waals surface area contributed by atoms with Crippen LogP contribution in [0.2, 0.25) is 0 Å². The number of aliphatic carboxylic acids is 1. The predicted octanol–water partition coefficient (Wildman–Crippen LogP) is 9.67. The number of rotatable bonds is 17. The number of carboxylic acids is 1. The molecule has 5 rings (SSSR count). The number of methoxy groups -OCH3 is 2. The molecule has 3 aliphatic heterocycles. The smallest absolute Gasteiger partial charge is 0.416 e. The van der Waals surface area contributed by atoms with Crippen LogP contribution < -0.4 is 0 Å². The van der Waals surface area contributed by atoms with E-state index in [-0.39, 0.29) is 62.2 Å². The number of nitrogens with zero attached hydrogens (tertiary/aromatic N) is 3. The predicted molar refractivity (Wildman–Crippen MR) is 255 cm³/mol. The van der Waals surface area contributed by atoms with Crippen molar-refractivity contribution >= 4 is 30.2 Å². The SMILES string of the molecule is COCO[C@@H]([C@H](Cc1cc(F)cc(F)c1)C(=O)N1C(=O)OC[C@@H]1C(C)C)[C@H]1CCC[C@H](C)N1C(=O)OC(C)(C)C.COCO[C@@H]([C@H](Cc1cc(F)cc(F)c1)C(=O)O)[C@H]1CCC[C@H](C)N1C(=O)OC(C)(C)C. The van der Waals surface area contributed by atoms with Crippen LogP contribution in [0.5, 0.6) is 0 Å². The first-order valence-electron chi connectivity index (χ1n) is 24.5. The van der Waals surface area contributed by atoms with Crippen LogP contribution in [0.25, 0.3) is 0 Å². The standard InChI is InChI=1S/C29H42F2N2O7.C23H33F2NO6/c1-17(2)24-15-38-27(35)33(24)26(34)22(13-19-11-20(30)14-21(31)12-19)25(39-16-37-7)23-10-8-9-18(3)32(23)28(36)40-29(4,5)6;1-14-7-6-8-19(26(14)22(29)32-23(2,3)4)20(31-13-30-5)18(21(27)28)11-15-9-16(24)12-17(25)10-15/h11-12,14,17-18,22-25H,8-10,13,15-16H2,1-7H3;9-10,12,14,18-20H,6-8,11,13H2,1-5H3,(H,27,28)/t18-,22-,23+,24+,25-;14-,18-,19+,20-/m00/s1. The van der Waals surface area contributed by atoms with Crippen molar-refractivity contribution in [1.82, 2.24) is 14.7 Å². The van der Waals surface area contributed by atoms with Crippen molar-refractivity contribution in [1.29, 1.82) is 0 Å². The van der Waals surface area contributed by atoms with Gasteiger partial charge in [0.05, 0.1) is 42.2 Å². The Morgan fingerprint density at radius 3 is 1.40 bits per heavy atom. The highest BCUT2D eigenvalue weighted by Crippen LogP contribution is 2.36. The molecule has 0 aromatic heterocycles. The number of cyclic esters (lactones) is 1. The molecule has 20 heteroatoms. The third kappa shape index (κ3) is 16.7. The van der Waals surface area contributed by atoms with E-state index < -0.39 is 107 Å². The molecule has 4 amide bonds. The Hall–Kier alpha value is -5.05. The van der Waals surface area contributed by atoms with E-state index >= 15 is 0 Å². The Balaban J connectivity index is 0.000000321. The maximum Gasteiger partial charge on any atom is 0.416 e. The lowest BCUT2D eigenvalue weighted by Gasteiger charge is -2.46. The van der Waals surface area contributed by atoms with Crippen LogP contribution in [0, 0.1) is 41.0 Å². The van der Waals surface area contributed by atoms with Crippen LogP contribution in [0.15, 0.2) is 36.4 Å². The molecule has 3 fully saturated rings. The zero-order valence-electron chi connectivity index (χ0n) is 43.7. The molecule has 3 saturated heterocycles. The van der Waals surface area contributed by atoms with Crippen molar-refractivity contribution in [3.05, 3.63) is 70.8 Å². The minimum Gasteiger partial charge on any atom is -0.481 e. The highest BCUT2D eigenvalue weighted by atomic mass is 19.1. The van der Waals surface area contributed by atoms with Gasteiger partial charge in [-0.15, -0.1) is 0 Å². The Morgan fingerprint density at radius 2 is 1.04 bits per heavy atom. The van der Waals surface area contributed by atoms with Gasteiger partial charge in [-0.2, -0.15) is 0 Å². The summed E-state index contributed by atoms with van der Waals surface area (Å²) in [5.74, 6) is -7.35. The van der Waals surface area contributed by atoms with Crippen LogP contribution >= 0.6 is 0 Å². The molecule has 9 atom stereocenters. The van der Waals surface area contributed by atoms with E-state index in [1.807, 2.05) is 27.7 Å². The van der Waals surface area contributed by atoms with Crippen LogP contribution in [-0.2, 0) is 55.6 Å². The van der Waals surface area contributed by atoms with Crippen LogP contribution in [0.1, 0.15) is 119 Å². The number of ether oxygens (including phenoxy) is 7. The second-order valence-corrected chi connectivity index (χ2v) is 21.2. The van der Waals surface area contributed by atoms with Gasteiger partial charge in [0.1, 0.15) is 54.7 Å². The second kappa shape index (κ2) is 26.2. The average molecular weight is 1030 g/mol. The van der Waals surface area contributed by atoms with E-state index in [0.29, 0.717) is 19.3 Å². The number of piperidine rings is 2. The van der Waals surface area contributed by atoms with E-state index in [1.165, 1.54) is 19.1 Å². The molecule has 16 nitrogen and oxygen atoms in total. The normalized spacial score (nSPS) is 22.3. The molecule has 72 heavy (non-hydrogen) atoms. The Bertz CT molecular complexity index is 2110. The monoisotopic (exact) mass is 1030 g/mol. The molecule has 0 unspecified atom stereocenters. The molecule has 3 heterocycles. The van der Waals surface area contributed by atoms with E-state index in [4.69, 9.17) is 33.2 Å². The number of hydrogen-bond donors (Lipinski definition) is 1. The number of amides is 4. The van der Waals surface area contributed by atoms with Gasteiger partial charge in [0.25, 0.3) is 0 Å². The lowest BCUT2D eigenvalue weighted by molar-refractivity contribution is -0.162. The third-order valence-electron chi connectivity index (χ3n) is 12.7. The number of halogens is 4. The Labute approximate surface area is 420 Å². The number of carbonyl (C=O) groups is 5. The van der Waals surface area contributed by atoms with Gasteiger partial charge in [-0.25, -0.2) is 36.8 Å². The molecule has 2 aromatic carbocycles. The number of imide groups is 1.